The van der Waals surface area contributed by atoms with Gasteiger partial charge < -0.3 is 4.74 Å². The van der Waals surface area contributed by atoms with E-state index in [0.29, 0.717) is 6.42 Å². The van der Waals surface area contributed by atoms with Gasteiger partial charge in [0.1, 0.15) is 11.6 Å². The number of ether oxygens (including phenoxy) is 1. The molecule has 0 N–H and O–H groups in total. The first-order chi connectivity index (χ1) is 7.95. The van der Waals surface area contributed by atoms with Gasteiger partial charge in [0.25, 0.3) is 0 Å². The van der Waals surface area contributed by atoms with Crippen molar-refractivity contribution >= 4 is 23.3 Å². The van der Waals surface area contributed by atoms with E-state index in [4.69, 9.17) is 0 Å². The second-order valence-corrected chi connectivity index (χ2v) is 4.36. The SMILES string of the molecule is COC(=O)C1CCC(=O)C(C(=O)CC(C)=O)C1. The Bertz CT molecular complexity index is 358. The van der Waals surface area contributed by atoms with Crippen LogP contribution in [-0.4, -0.2) is 30.4 Å². The predicted octanol–water partition coefficient (Wildman–Crippen LogP) is 0.693. The highest BCUT2D eigenvalue weighted by Crippen LogP contribution is 2.28. The third-order valence-electron chi connectivity index (χ3n) is 2.99. The van der Waals surface area contributed by atoms with Crippen LogP contribution in [0.25, 0.3) is 0 Å². The van der Waals surface area contributed by atoms with Gasteiger partial charge in [-0.15, -0.1) is 0 Å². The molecule has 0 radical (unpaired) electrons. The number of rotatable bonds is 4. The molecule has 5 nitrogen and oxygen atoms in total. The van der Waals surface area contributed by atoms with Gasteiger partial charge in [0.15, 0.2) is 5.78 Å². The van der Waals surface area contributed by atoms with Crippen LogP contribution in [0.5, 0.6) is 0 Å². The lowest BCUT2D eigenvalue weighted by Gasteiger charge is -2.25. The van der Waals surface area contributed by atoms with Crippen molar-refractivity contribution in [1.82, 2.24) is 0 Å². The van der Waals surface area contributed by atoms with Crippen molar-refractivity contribution in [3.8, 4) is 0 Å². The molecule has 1 aliphatic carbocycles. The fourth-order valence-corrected chi connectivity index (χ4v) is 2.08. The number of ketones is 3. The molecule has 5 heteroatoms. The minimum absolute atomic E-state index is 0.170. The summed E-state index contributed by atoms with van der Waals surface area (Å²) in [6, 6.07) is 0. The van der Waals surface area contributed by atoms with Crippen LogP contribution in [0.2, 0.25) is 0 Å². The van der Waals surface area contributed by atoms with Gasteiger partial charge in [-0.25, -0.2) is 0 Å². The molecular weight excluding hydrogens is 224 g/mol. The largest absolute Gasteiger partial charge is 0.469 e. The minimum Gasteiger partial charge on any atom is -0.469 e. The first kappa shape index (κ1) is 13.5. The van der Waals surface area contributed by atoms with Crippen LogP contribution < -0.4 is 0 Å². The summed E-state index contributed by atoms with van der Waals surface area (Å²) in [5, 5.41) is 0. The molecule has 0 heterocycles. The normalized spacial score (nSPS) is 24.2. The zero-order valence-corrected chi connectivity index (χ0v) is 10.0. The van der Waals surface area contributed by atoms with Gasteiger partial charge >= 0.3 is 5.97 Å². The molecule has 2 atom stereocenters. The number of esters is 1. The summed E-state index contributed by atoms with van der Waals surface area (Å²) in [7, 11) is 1.28. The van der Waals surface area contributed by atoms with Crippen molar-refractivity contribution in [2.75, 3.05) is 7.11 Å². The zero-order valence-electron chi connectivity index (χ0n) is 10.0. The lowest BCUT2D eigenvalue weighted by molar-refractivity contribution is -0.149. The van der Waals surface area contributed by atoms with Crippen molar-refractivity contribution in [1.29, 1.82) is 0 Å². The van der Waals surface area contributed by atoms with E-state index in [2.05, 4.69) is 4.74 Å². The number of hydrogen-bond donors (Lipinski definition) is 0. The molecule has 0 aromatic carbocycles. The Morgan fingerprint density at radius 2 is 2.00 bits per heavy atom. The third-order valence-corrected chi connectivity index (χ3v) is 2.99. The van der Waals surface area contributed by atoms with Crippen molar-refractivity contribution in [2.45, 2.75) is 32.6 Å². The average molecular weight is 240 g/mol. The molecule has 1 saturated carbocycles. The van der Waals surface area contributed by atoms with Crippen LogP contribution in [0.3, 0.4) is 0 Å². The molecule has 0 bridgehead atoms. The number of carbonyl (C=O) groups excluding carboxylic acids is 4. The second-order valence-electron chi connectivity index (χ2n) is 4.36. The maximum atomic E-state index is 11.7. The van der Waals surface area contributed by atoms with Gasteiger partial charge in [-0.2, -0.15) is 0 Å². The summed E-state index contributed by atoms with van der Waals surface area (Å²) < 4.78 is 4.61. The number of Topliss-reactive ketones (excluding diaryl/α,β-unsaturated/α-hetero) is 3. The lowest BCUT2D eigenvalue weighted by atomic mass is 9.77. The van der Waals surface area contributed by atoms with E-state index >= 15 is 0 Å². The highest BCUT2D eigenvalue weighted by molar-refractivity contribution is 6.09. The Morgan fingerprint density at radius 3 is 2.53 bits per heavy atom. The molecule has 0 aliphatic heterocycles. The summed E-state index contributed by atoms with van der Waals surface area (Å²) in [4.78, 5) is 45.5. The maximum absolute atomic E-state index is 11.7. The van der Waals surface area contributed by atoms with Gasteiger partial charge in [-0.1, -0.05) is 0 Å². The lowest BCUT2D eigenvalue weighted by Crippen LogP contribution is -2.35. The van der Waals surface area contributed by atoms with Crippen LogP contribution in [-0.2, 0) is 23.9 Å². The topological polar surface area (TPSA) is 77.5 Å². The molecule has 1 rings (SSSR count). The zero-order chi connectivity index (χ0) is 13.0. The first-order valence-corrected chi connectivity index (χ1v) is 5.58. The maximum Gasteiger partial charge on any atom is 0.308 e. The van der Waals surface area contributed by atoms with Gasteiger partial charge in [0, 0.05) is 6.42 Å². The standard InChI is InChI=1S/C12H16O5/c1-7(13)5-11(15)9-6-8(12(16)17-2)3-4-10(9)14/h8-9H,3-6H2,1-2H3. The van der Waals surface area contributed by atoms with E-state index in [-0.39, 0.29) is 36.6 Å². The monoisotopic (exact) mass is 240 g/mol. The van der Waals surface area contributed by atoms with E-state index in [9.17, 15) is 19.2 Å². The van der Waals surface area contributed by atoms with Crippen LogP contribution in [0.1, 0.15) is 32.6 Å². The van der Waals surface area contributed by atoms with Gasteiger partial charge in [0.2, 0.25) is 0 Å². The summed E-state index contributed by atoms with van der Waals surface area (Å²) in [5.74, 6) is -2.41. The molecule has 0 aromatic heterocycles. The van der Waals surface area contributed by atoms with Crippen LogP contribution in [0, 0.1) is 11.8 Å². The van der Waals surface area contributed by atoms with E-state index in [1.165, 1.54) is 14.0 Å². The highest BCUT2D eigenvalue weighted by Gasteiger charge is 2.37. The molecule has 0 aromatic rings. The molecular formula is C12H16O5. The van der Waals surface area contributed by atoms with E-state index in [1.807, 2.05) is 0 Å². The number of carbonyl (C=O) groups is 4. The molecule has 0 saturated heterocycles. The van der Waals surface area contributed by atoms with Crippen molar-refractivity contribution in [3.63, 3.8) is 0 Å². The Morgan fingerprint density at radius 1 is 1.35 bits per heavy atom. The van der Waals surface area contributed by atoms with Crippen LogP contribution in [0.15, 0.2) is 0 Å². The minimum atomic E-state index is -0.809. The number of hydrogen-bond acceptors (Lipinski definition) is 5. The second kappa shape index (κ2) is 5.70. The molecule has 0 amide bonds. The molecule has 1 aliphatic rings. The summed E-state index contributed by atoms with van der Waals surface area (Å²) >= 11 is 0. The number of methoxy groups -OCH3 is 1. The third kappa shape index (κ3) is 3.47. The Kier molecular flexibility index (Phi) is 4.54. The molecule has 2 unspecified atom stereocenters. The fraction of sp³-hybridized carbons (Fsp3) is 0.667. The Labute approximate surface area is 99.5 Å². The Balaban J connectivity index is 2.69. The van der Waals surface area contributed by atoms with Gasteiger partial charge in [0.05, 0.1) is 25.4 Å². The van der Waals surface area contributed by atoms with Crippen molar-refractivity contribution in [2.24, 2.45) is 11.8 Å². The van der Waals surface area contributed by atoms with E-state index < -0.39 is 17.8 Å². The highest BCUT2D eigenvalue weighted by atomic mass is 16.5. The van der Waals surface area contributed by atoms with E-state index in [0.717, 1.165) is 0 Å². The van der Waals surface area contributed by atoms with Crippen LogP contribution >= 0.6 is 0 Å². The molecule has 94 valence electrons. The summed E-state index contributed by atoms with van der Waals surface area (Å²) in [6.07, 6.45) is 0.575. The van der Waals surface area contributed by atoms with Gasteiger partial charge in [-0.3, -0.25) is 19.2 Å². The molecule has 0 spiro atoms. The Hall–Kier alpha value is -1.52. The smallest absolute Gasteiger partial charge is 0.308 e. The fourth-order valence-electron chi connectivity index (χ4n) is 2.08. The molecule has 17 heavy (non-hydrogen) atoms. The van der Waals surface area contributed by atoms with Crippen LogP contribution in [0.4, 0.5) is 0 Å². The van der Waals surface area contributed by atoms with Crippen molar-refractivity contribution < 1.29 is 23.9 Å². The van der Waals surface area contributed by atoms with E-state index in [1.54, 1.807) is 0 Å². The summed E-state index contributed by atoms with van der Waals surface area (Å²) in [5.41, 5.74) is 0. The first-order valence-electron chi connectivity index (χ1n) is 5.58. The quantitative estimate of drug-likeness (QED) is 0.533. The van der Waals surface area contributed by atoms with Crippen molar-refractivity contribution in [3.05, 3.63) is 0 Å². The average Bonchev–Trinajstić information content (AvgIpc) is 2.27. The molecule has 1 fully saturated rings. The van der Waals surface area contributed by atoms with Gasteiger partial charge in [-0.05, 0) is 19.8 Å². The summed E-state index contributed by atoms with van der Waals surface area (Å²) in [6.45, 7) is 1.31. The predicted molar refractivity (Wildman–Crippen MR) is 58.2 cm³/mol.